The van der Waals surface area contributed by atoms with Crippen LogP contribution in [0.5, 0.6) is 5.75 Å². The van der Waals surface area contributed by atoms with Gasteiger partial charge in [0.1, 0.15) is 17.5 Å². The van der Waals surface area contributed by atoms with E-state index in [9.17, 15) is 0 Å². The van der Waals surface area contributed by atoms with Crippen molar-refractivity contribution in [3.63, 3.8) is 0 Å². The monoisotopic (exact) mass is 411 g/mol. The lowest BCUT2D eigenvalue weighted by Gasteiger charge is -2.19. The molecule has 3 rings (SSSR count). The topological polar surface area (TPSA) is 63.7 Å². The number of aryl methyl sites for hydroxylation is 2. The van der Waals surface area contributed by atoms with Crippen molar-refractivity contribution in [2.45, 2.75) is 33.4 Å². The van der Waals surface area contributed by atoms with Crippen LogP contribution >= 0.6 is 12.2 Å². The molecule has 3 aromatic rings. The van der Waals surface area contributed by atoms with Crippen molar-refractivity contribution >= 4 is 28.4 Å². The summed E-state index contributed by atoms with van der Waals surface area (Å²) < 4.78 is 11.3. The van der Waals surface area contributed by atoms with E-state index in [0.29, 0.717) is 0 Å². The number of hydrogen-bond acceptors (Lipinski definition) is 5. The number of nitrogens with two attached hydrogens (primary N) is 1. The van der Waals surface area contributed by atoms with Gasteiger partial charge in [-0.05, 0) is 92.6 Å². The zero-order valence-electron chi connectivity index (χ0n) is 17.5. The first-order valence-corrected chi connectivity index (χ1v) is 10.3. The molecule has 0 aliphatic rings. The third-order valence-corrected chi connectivity index (χ3v) is 5.45. The lowest BCUT2D eigenvalue weighted by atomic mass is 10.0. The predicted octanol–water partition coefficient (Wildman–Crippen LogP) is 4.45. The van der Waals surface area contributed by atoms with Crippen molar-refractivity contribution in [3.05, 3.63) is 64.9 Å². The largest absolute Gasteiger partial charge is 0.464 e. The molecule has 3 N–H and O–H groups in total. The van der Waals surface area contributed by atoms with Gasteiger partial charge < -0.3 is 25.1 Å². The van der Waals surface area contributed by atoms with E-state index in [1.165, 1.54) is 11.1 Å². The quantitative estimate of drug-likeness (QED) is 0.442. The van der Waals surface area contributed by atoms with E-state index in [1.54, 1.807) is 6.26 Å². The summed E-state index contributed by atoms with van der Waals surface area (Å²) in [7, 11) is 2.14. The van der Waals surface area contributed by atoms with E-state index in [2.05, 4.69) is 37.2 Å². The molecule has 0 aliphatic carbocycles. The lowest BCUT2D eigenvalue weighted by molar-refractivity contribution is 0.357. The van der Waals surface area contributed by atoms with E-state index in [-0.39, 0.29) is 5.17 Å². The summed E-state index contributed by atoms with van der Waals surface area (Å²) in [5.41, 5.74) is 11.6. The van der Waals surface area contributed by atoms with Crippen LogP contribution in [0, 0.1) is 13.8 Å². The summed E-state index contributed by atoms with van der Waals surface area (Å²) >= 11 is 5.39. The molecule has 0 aliphatic heterocycles. The first kappa shape index (κ1) is 21.3. The Labute approximate surface area is 177 Å². The van der Waals surface area contributed by atoms with E-state index in [4.69, 9.17) is 27.1 Å². The van der Waals surface area contributed by atoms with Crippen LogP contribution in [-0.4, -0.2) is 30.2 Å². The van der Waals surface area contributed by atoms with Gasteiger partial charge in [0.15, 0.2) is 0 Å². The summed E-state index contributed by atoms with van der Waals surface area (Å²) in [6, 6.07) is 11.9. The lowest BCUT2D eigenvalue weighted by Crippen LogP contribution is -2.36. The van der Waals surface area contributed by atoms with Crippen LogP contribution in [-0.2, 0) is 6.42 Å². The second-order valence-electron chi connectivity index (χ2n) is 7.42. The molecule has 1 aromatic heterocycles. The number of rotatable bonds is 7. The van der Waals surface area contributed by atoms with E-state index in [1.807, 2.05) is 37.3 Å². The molecule has 5 nitrogen and oxygen atoms in total. The molecule has 1 unspecified atom stereocenters. The Morgan fingerprint density at radius 3 is 2.76 bits per heavy atom. The van der Waals surface area contributed by atoms with Gasteiger partial charge in [0, 0.05) is 11.9 Å². The minimum Gasteiger partial charge on any atom is -0.464 e. The standard InChI is InChI=1S/C23H29N3O2S/c1-5-26(4)10-8-17-12-16(3)21(13-15(17)2)28-23(29)25-22(24)19-6-7-20-18(14-19)9-11-27-20/h6-7,9,11-14,22H,5,8,10,24H2,1-4H3,(H,25,29). The Morgan fingerprint density at radius 2 is 2.00 bits per heavy atom. The molecular formula is C23H29N3O2S. The van der Waals surface area contributed by atoms with Crippen molar-refractivity contribution in [2.24, 2.45) is 5.73 Å². The highest BCUT2D eigenvalue weighted by molar-refractivity contribution is 7.80. The Kier molecular flexibility index (Phi) is 6.90. The van der Waals surface area contributed by atoms with Gasteiger partial charge >= 0.3 is 0 Å². The minimum atomic E-state index is -0.466. The van der Waals surface area contributed by atoms with E-state index in [0.717, 1.165) is 47.4 Å². The second kappa shape index (κ2) is 9.39. The SMILES string of the molecule is CCN(C)CCc1cc(C)c(OC(=S)NC(N)c2ccc3occc3c2)cc1C. The maximum atomic E-state index is 6.27. The molecule has 2 aromatic carbocycles. The second-order valence-corrected chi connectivity index (χ2v) is 7.79. The van der Waals surface area contributed by atoms with Crippen LogP contribution in [0.25, 0.3) is 11.0 Å². The predicted molar refractivity (Wildman–Crippen MR) is 122 cm³/mol. The number of benzene rings is 2. The number of likely N-dealkylation sites (N-methyl/N-ethyl adjacent to an activating group) is 1. The molecule has 0 amide bonds. The van der Waals surface area contributed by atoms with Crippen LogP contribution in [0.15, 0.2) is 47.1 Å². The Bertz CT molecular complexity index is 999. The van der Waals surface area contributed by atoms with Crippen LogP contribution in [0.1, 0.15) is 35.3 Å². The number of hydrogen-bond donors (Lipinski definition) is 2. The molecule has 0 saturated carbocycles. The zero-order chi connectivity index (χ0) is 21.0. The number of nitrogens with one attached hydrogen (secondary N) is 1. The fraction of sp³-hybridized carbons (Fsp3) is 0.348. The van der Waals surface area contributed by atoms with Crippen molar-refractivity contribution in [2.75, 3.05) is 20.1 Å². The maximum absolute atomic E-state index is 6.27. The Balaban J connectivity index is 1.64. The van der Waals surface area contributed by atoms with Gasteiger partial charge in [0.2, 0.25) is 0 Å². The summed E-state index contributed by atoms with van der Waals surface area (Å²) in [5.74, 6) is 0.755. The highest BCUT2D eigenvalue weighted by atomic mass is 32.1. The number of fused-ring (bicyclic) bond motifs is 1. The van der Waals surface area contributed by atoms with Crippen molar-refractivity contribution in [3.8, 4) is 5.75 Å². The summed E-state index contributed by atoms with van der Waals surface area (Å²) in [5, 5.41) is 4.32. The average Bonchev–Trinajstić information content (AvgIpc) is 3.16. The van der Waals surface area contributed by atoms with E-state index >= 15 is 0 Å². The number of thiocarbonyl (C=S) groups is 1. The molecule has 1 heterocycles. The molecule has 0 spiro atoms. The smallest absolute Gasteiger partial charge is 0.263 e. The average molecular weight is 412 g/mol. The summed E-state index contributed by atoms with van der Waals surface area (Å²) in [6.07, 6.45) is 2.21. The molecule has 0 bridgehead atoms. The number of furan rings is 1. The third-order valence-electron chi connectivity index (χ3n) is 5.25. The van der Waals surface area contributed by atoms with Crippen LogP contribution in [0.3, 0.4) is 0 Å². The fourth-order valence-corrected chi connectivity index (χ4v) is 3.43. The van der Waals surface area contributed by atoms with Gasteiger partial charge in [-0.2, -0.15) is 0 Å². The summed E-state index contributed by atoms with van der Waals surface area (Å²) in [4.78, 5) is 2.31. The third kappa shape index (κ3) is 5.35. The first-order chi connectivity index (χ1) is 13.9. The number of ether oxygens (including phenoxy) is 1. The van der Waals surface area contributed by atoms with Gasteiger partial charge in [-0.3, -0.25) is 0 Å². The maximum Gasteiger partial charge on any atom is 0.263 e. The molecule has 1 atom stereocenters. The van der Waals surface area contributed by atoms with Gasteiger partial charge in [0.25, 0.3) is 5.17 Å². The van der Waals surface area contributed by atoms with E-state index < -0.39 is 6.17 Å². The Morgan fingerprint density at radius 1 is 1.21 bits per heavy atom. The molecule has 0 saturated heterocycles. The zero-order valence-corrected chi connectivity index (χ0v) is 18.3. The van der Waals surface area contributed by atoms with Crippen LogP contribution in [0.4, 0.5) is 0 Å². The van der Waals surface area contributed by atoms with Crippen molar-refractivity contribution in [1.29, 1.82) is 0 Å². The molecule has 6 heteroatoms. The van der Waals surface area contributed by atoms with Gasteiger partial charge in [-0.15, -0.1) is 0 Å². The number of nitrogens with zero attached hydrogens (tertiary/aromatic N) is 1. The Hall–Kier alpha value is -2.41. The summed E-state index contributed by atoms with van der Waals surface area (Å²) in [6.45, 7) is 8.40. The van der Waals surface area contributed by atoms with Crippen LogP contribution in [0.2, 0.25) is 0 Å². The van der Waals surface area contributed by atoms with Crippen LogP contribution < -0.4 is 15.8 Å². The van der Waals surface area contributed by atoms with Crippen molar-refractivity contribution in [1.82, 2.24) is 10.2 Å². The molecule has 154 valence electrons. The normalized spacial score (nSPS) is 12.3. The van der Waals surface area contributed by atoms with Gasteiger partial charge in [0.05, 0.1) is 6.26 Å². The van der Waals surface area contributed by atoms with Gasteiger partial charge in [-0.25, -0.2) is 0 Å². The fourth-order valence-electron chi connectivity index (χ4n) is 3.22. The molecular weight excluding hydrogens is 382 g/mol. The highest BCUT2D eigenvalue weighted by Crippen LogP contribution is 2.24. The molecule has 0 fully saturated rings. The first-order valence-electron chi connectivity index (χ1n) is 9.87. The molecule has 0 radical (unpaired) electrons. The molecule has 29 heavy (non-hydrogen) atoms. The minimum absolute atomic E-state index is 0.255. The van der Waals surface area contributed by atoms with Crippen molar-refractivity contribution < 1.29 is 9.15 Å². The van der Waals surface area contributed by atoms with Gasteiger partial charge in [-0.1, -0.05) is 19.1 Å². The highest BCUT2D eigenvalue weighted by Gasteiger charge is 2.13.